The van der Waals surface area contributed by atoms with Crippen molar-refractivity contribution in [3.63, 3.8) is 0 Å². The fraction of sp³-hybridized carbons (Fsp3) is 0.0400. The predicted octanol–water partition coefficient (Wildman–Crippen LogP) is 3.84. The maximum Gasteiger partial charge on any atom is 0.309 e. The Hall–Kier alpha value is -4.70. The normalized spacial score (nSPS) is 10.7. The van der Waals surface area contributed by atoms with Crippen molar-refractivity contribution in [2.75, 3.05) is 0 Å². The molecule has 0 radical (unpaired) electrons. The minimum atomic E-state index is -0.641. The highest BCUT2D eigenvalue weighted by atomic mass is 32.1. The molecule has 2 N–H and O–H groups in total. The number of thiazole rings is 1. The van der Waals surface area contributed by atoms with Gasteiger partial charge in [0.15, 0.2) is 5.82 Å². The summed E-state index contributed by atoms with van der Waals surface area (Å²) in [5.41, 5.74) is 7.61. The molecule has 3 aromatic heterocycles. The third-order valence-corrected chi connectivity index (χ3v) is 6.20. The van der Waals surface area contributed by atoms with Gasteiger partial charge in [0.1, 0.15) is 9.88 Å². The summed E-state index contributed by atoms with van der Waals surface area (Å²) in [6, 6.07) is 24.3. The summed E-state index contributed by atoms with van der Waals surface area (Å²) in [5, 5.41) is 5.01. The largest absolute Gasteiger partial charge is 0.309 e. The molecule has 0 bridgehead atoms. The van der Waals surface area contributed by atoms with Gasteiger partial charge in [0.25, 0.3) is 5.91 Å². The Kier molecular flexibility index (Phi) is 6.10. The molecule has 0 aliphatic rings. The molecule has 2 amide bonds. The fourth-order valence-electron chi connectivity index (χ4n) is 3.36. The van der Waals surface area contributed by atoms with Crippen LogP contribution in [0.15, 0.2) is 85.1 Å². The second-order valence-corrected chi connectivity index (χ2v) is 8.43. The van der Waals surface area contributed by atoms with Crippen LogP contribution < -0.4 is 10.9 Å². The number of hydrazine groups is 1. The summed E-state index contributed by atoms with van der Waals surface area (Å²) < 4.78 is 1.60. The molecule has 0 unspecified atom stereocenters. The molecule has 0 saturated heterocycles. The number of amides is 2. The van der Waals surface area contributed by atoms with Gasteiger partial charge in [0, 0.05) is 11.8 Å². The van der Waals surface area contributed by atoms with E-state index in [4.69, 9.17) is 0 Å². The first-order chi connectivity index (χ1) is 17.1. The predicted molar refractivity (Wildman–Crippen MR) is 132 cm³/mol. The highest BCUT2D eigenvalue weighted by Crippen LogP contribution is 2.26. The Labute approximate surface area is 204 Å². The van der Waals surface area contributed by atoms with Crippen molar-refractivity contribution in [2.24, 2.45) is 0 Å². The van der Waals surface area contributed by atoms with E-state index in [1.165, 1.54) is 11.3 Å². The van der Waals surface area contributed by atoms with Crippen molar-refractivity contribution in [1.82, 2.24) is 35.6 Å². The van der Waals surface area contributed by atoms with Gasteiger partial charge in [-0.2, -0.15) is 0 Å². The lowest BCUT2D eigenvalue weighted by molar-refractivity contribution is 0.0842. The van der Waals surface area contributed by atoms with Crippen LogP contribution in [0.5, 0.6) is 0 Å². The van der Waals surface area contributed by atoms with Gasteiger partial charge >= 0.3 is 5.91 Å². The van der Waals surface area contributed by atoms with Gasteiger partial charge in [-0.25, -0.2) is 14.6 Å². The summed E-state index contributed by atoms with van der Waals surface area (Å²) >= 11 is 1.20. The van der Waals surface area contributed by atoms with Gasteiger partial charge in [-0.3, -0.25) is 25.4 Å². The summed E-state index contributed by atoms with van der Waals surface area (Å²) in [6.45, 7) is 1.73. The Morgan fingerprint density at radius 1 is 0.829 bits per heavy atom. The number of nitrogens with zero attached hydrogens (tertiary/aromatic N) is 5. The first-order valence-corrected chi connectivity index (χ1v) is 11.5. The number of carbonyl (C=O) groups excluding carboxylic acids is 2. The summed E-state index contributed by atoms with van der Waals surface area (Å²) in [4.78, 5) is 39.1. The summed E-state index contributed by atoms with van der Waals surface area (Å²) in [7, 11) is 0. The van der Waals surface area contributed by atoms with Crippen molar-refractivity contribution in [2.45, 2.75) is 6.92 Å². The monoisotopic (exact) mass is 481 g/mol. The standard InChI is InChI=1S/C25H19N7O2S/c1-16-20(35-25(27-16)19-14-8-9-15-26-19)23(33)29-30-24(34)21-28-22(17-10-4-2-5-11-17)32(31-21)18-12-6-3-7-13-18/h2-15H,1H3,(H,29,33)(H,30,34). The van der Waals surface area contributed by atoms with Gasteiger partial charge in [-0.1, -0.05) is 54.6 Å². The number of hydrogen-bond acceptors (Lipinski definition) is 7. The lowest BCUT2D eigenvalue weighted by Gasteiger charge is -2.05. The van der Waals surface area contributed by atoms with Crippen LogP contribution in [0.2, 0.25) is 0 Å². The smallest absolute Gasteiger partial charge is 0.266 e. The number of nitrogens with one attached hydrogen (secondary N) is 2. The van der Waals surface area contributed by atoms with E-state index < -0.39 is 11.8 Å². The molecule has 5 rings (SSSR count). The molecule has 172 valence electrons. The van der Waals surface area contributed by atoms with Crippen LogP contribution in [0.3, 0.4) is 0 Å². The molecular formula is C25H19N7O2S. The van der Waals surface area contributed by atoms with Crippen molar-refractivity contribution >= 4 is 23.2 Å². The molecule has 0 aliphatic heterocycles. The molecule has 0 fully saturated rings. The molecule has 9 nitrogen and oxygen atoms in total. The van der Waals surface area contributed by atoms with Gasteiger partial charge in [-0.15, -0.1) is 16.4 Å². The maximum absolute atomic E-state index is 12.8. The Morgan fingerprint density at radius 3 is 2.23 bits per heavy atom. The molecule has 0 aliphatic carbocycles. The van der Waals surface area contributed by atoms with Gasteiger partial charge in [0.2, 0.25) is 5.82 Å². The van der Waals surface area contributed by atoms with Crippen molar-refractivity contribution in [3.8, 4) is 27.8 Å². The first-order valence-electron chi connectivity index (χ1n) is 10.7. The number of carbonyl (C=O) groups is 2. The Bertz CT molecular complexity index is 1430. The number of rotatable bonds is 5. The number of aromatic nitrogens is 5. The van der Waals surface area contributed by atoms with Gasteiger partial charge in [-0.05, 0) is 31.2 Å². The quantitative estimate of drug-likeness (QED) is 0.369. The van der Waals surface area contributed by atoms with Crippen molar-refractivity contribution < 1.29 is 9.59 Å². The lowest BCUT2D eigenvalue weighted by Crippen LogP contribution is -2.42. The molecular weight excluding hydrogens is 462 g/mol. The molecule has 0 atom stereocenters. The molecule has 5 aromatic rings. The zero-order valence-corrected chi connectivity index (χ0v) is 19.4. The van der Waals surface area contributed by atoms with Crippen molar-refractivity contribution in [1.29, 1.82) is 0 Å². The third-order valence-electron chi connectivity index (χ3n) is 5.02. The van der Waals surface area contributed by atoms with E-state index in [2.05, 4.69) is 30.9 Å². The third kappa shape index (κ3) is 4.68. The molecule has 2 aromatic carbocycles. The molecule has 35 heavy (non-hydrogen) atoms. The topological polar surface area (TPSA) is 115 Å². The van der Waals surface area contributed by atoms with Gasteiger partial charge in [0.05, 0.1) is 17.1 Å². The van der Waals surface area contributed by atoms with Crippen LogP contribution in [0.25, 0.3) is 27.8 Å². The highest BCUT2D eigenvalue weighted by molar-refractivity contribution is 7.17. The Morgan fingerprint density at radius 2 is 1.51 bits per heavy atom. The van der Waals surface area contributed by atoms with E-state index in [0.717, 1.165) is 11.3 Å². The highest BCUT2D eigenvalue weighted by Gasteiger charge is 2.21. The average Bonchev–Trinajstić information content (AvgIpc) is 3.53. The second-order valence-electron chi connectivity index (χ2n) is 7.43. The zero-order valence-electron chi connectivity index (χ0n) is 18.5. The van der Waals surface area contributed by atoms with Crippen LogP contribution in [0.4, 0.5) is 0 Å². The first kappa shape index (κ1) is 22.1. The minimum absolute atomic E-state index is 0.0804. The van der Waals surface area contributed by atoms with Crippen LogP contribution in [0.1, 0.15) is 26.0 Å². The number of pyridine rings is 1. The average molecular weight is 482 g/mol. The number of hydrogen-bond donors (Lipinski definition) is 2. The fourth-order valence-corrected chi connectivity index (χ4v) is 4.30. The second kappa shape index (κ2) is 9.65. The molecule has 0 spiro atoms. The molecule has 10 heteroatoms. The number of aryl methyl sites for hydroxylation is 1. The van der Waals surface area contributed by atoms with Crippen LogP contribution in [-0.4, -0.2) is 36.5 Å². The lowest BCUT2D eigenvalue weighted by atomic mass is 10.2. The zero-order chi connectivity index (χ0) is 24.2. The number of benzene rings is 2. The van der Waals surface area contributed by atoms with E-state index in [-0.39, 0.29) is 5.82 Å². The molecule has 0 saturated carbocycles. The van der Waals surface area contributed by atoms with E-state index >= 15 is 0 Å². The van der Waals surface area contributed by atoms with Gasteiger partial charge < -0.3 is 0 Å². The maximum atomic E-state index is 12.8. The summed E-state index contributed by atoms with van der Waals surface area (Å²) in [5.74, 6) is -0.701. The summed E-state index contributed by atoms with van der Waals surface area (Å²) in [6.07, 6.45) is 1.66. The number of para-hydroxylation sites is 1. The van der Waals surface area contributed by atoms with Crippen LogP contribution in [0, 0.1) is 6.92 Å². The minimum Gasteiger partial charge on any atom is -0.266 e. The van der Waals surface area contributed by atoms with Crippen LogP contribution >= 0.6 is 11.3 Å². The molecule has 3 heterocycles. The van der Waals surface area contributed by atoms with E-state index in [1.54, 1.807) is 17.8 Å². The van der Waals surface area contributed by atoms with E-state index in [9.17, 15) is 9.59 Å². The van der Waals surface area contributed by atoms with E-state index in [1.807, 2.05) is 78.9 Å². The SMILES string of the molecule is Cc1nc(-c2ccccn2)sc1C(=O)NNC(=O)c1nc(-c2ccccc2)n(-c2ccccc2)n1. The van der Waals surface area contributed by atoms with E-state index in [0.29, 0.717) is 27.1 Å². The van der Waals surface area contributed by atoms with Crippen LogP contribution in [-0.2, 0) is 0 Å². The van der Waals surface area contributed by atoms with Crippen molar-refractivity contribution in [3.05, 3.63) is 101 Å². The Balaban J connectivity index is 1.36.